The van der Waals surface area contributed by atoms with Gasteiger partial charge in [0.1, 0.15) is 0 Å². The Morgan fingerprint density at radius 2 is 0.452 bits per heavy atom. The van der Waals surface area contributed by atoms with E-state index in [1.807, 2.05) is 0 Å². The van der Waals surface area contributed by atoms with E-state index >= 15 is 0 Å². The van der Waals surface area contributed by atoms with E-state index < -0.39 is 0 Å². The summed E-state index contributed by atoms with van der Waals surface area (Å²) >= 11 is 2.05. The molecule has 0 saturated carbocycles. The Hall–Kier alpha value is -2.25. The molecule has 0 aliphatic carbocycles. The third kappa shape index (κ3) is 58.7. The summed E-state index contributed by atoms with van der Waals surface area (Å²) in [4.78, 5) is 0. The fourth-order valence-electron chi connectivity index (χ4n) is 16.0. The van der Waals surface area contributed by atoms with Crippen LogP contribution in [0.25, 0.3) is 16.9 Å². The molecule has 0 N–H and O–H groups in total. The summed E-state index contributed by atoms with van der Waals surface area (Å²) in [6, 6.07) is 18.2. The molecular formula is C101H182N2Ni. The SMILES string of the molecule is CCCCCC=CC1=C(c2ccc(CCCCCCCC)cc2)[N+](=[N-])C(c2ccc(CCCCCCCC)cc2)=C1CCCCCC.CCCCCCCCCCCCCCCCCCCCCCCCCCC[CH2][Ni][CH2]CCCCCCCCCCCCCCCCCCCCCCCCCCC. The Balaban J connectivity index is 0.000000718. The van der Waals surface area contributed by atoms with Gasteiger partial charge >= 0.3 is 166 Å². The average molecular weight is 1480 g/mol. The molecule has 1 heterocycles. The molecule has 0 saturated heterocycles. The standard InChI is InChI=1S/C45H68N2.2C28H57.Ni/c1-5-9-13-17-20-22-26-38-30-34-40(35-31-38)44-42(28-24-16-12-8-4)43(29-25-19-15-11-7-3)45(47(44)46)41-36-32-39(33-37-41)27-23-21-18-14-10-6-2;2*1-3-5-7-9-11-13-15-17-19-21-23-25-27-28-26-24-22-20-18-16-14-12-10-8-6-4-2;/h25,29-37H,5-24,26-28H2,1-4H3;2*1,3-28H2,2H3;. The molecule has 0 atom stereocenters. The molecule has 2 aromatic carbocycles. The van der Waals surface area contributed by atoms with Crippen molar-refractivity contribution >= 4 is 11.4 Å². The first-order valence-corrected chi connectivity index (χ1v) is 49.2. The van der Waals surface area contributed by atoms with Crippen molar-refractivity contribution in [2.24, 2.45) is 0 Å². The van der Waals surface area contributed by atoms with E-state index in [-0.39, 0.29) is 0 Å². The minimum atomic E-state index is 0.944. The van der Waals surface area contributed by atoms with Crippen molar-refractivity contribution in [1.29, 1.82) is 0 Å². The number of benzene rings is 2. The van der Waals surface area contributed by atoms with Crippen LogP contribution < -0.4 is 0 Å². The van der Waals surface area contributed by atoms with Gasteiger partial charge in [0.2, 0.25) is 11.4 Å². The number of hydrogen-bond donors (Lipinski definition) is 0. The summed E-state index contributed by atoms with van der Waals surface area (Å²) in [6.45, 7) is 13.7. The summed E-state index contributed by atoms with van der Waals surface area (Å²) in [5.74, 6) is 0. The van der Waals surface area contributed by atoms with E-state index in [1.54, 1.807) is 0 Å². The Kier molecular flexibility index (Phi) is 74.2. The van der Waals surface area contributed by atoms with Gasteiger partial charge in [0.15, 0.2) is 0 Å². The quantitative estimate of drug-likeness (QED) is 0.0358. The van der Waals surface area contributed by atoms with Crippen LogP contribution in [0.2, 0.25) is 10.8 Å². The number of hydrogen-bond acceptors (Lipinski definition) is 0. The summed E-state index contributed by atoms with van der Waals surface area (Å²) in [5.41, 5.74) is 21.5. The minimum Gasteiger partial charge on any atom is -0.0654 e. The first-order valence-electron chi connectivity index (χ1n) is 47.8. The van der Waals surface area contributed by atoms with Crippen LogP contribution >= 0.6 is 0 Å². The van der Waals surface area contributed by atoms with Gasteiger partial charge in [-0.3, -0.25) is 0 Å². The normalized spacial score (nSPS) is 12.6. The zero-order valence-corrected chi connectivity index (χ0v) is 72.4. The molecule has 2 nitrogen and oxygen atoms in total. The summed E-state index contributed by atoms with van der Waals surface area (Å²) in [5, 5.41) is 2.87. The molecule has 104 heavy (non-hydrogen) atoms. The van der Waals surface area contributed by atoms with Crippen molar-refractivity contribution in [3.63, 3.8) is 0 Å². The number of allylic oxidation sites excluding steroid dienone is 4. The molecule has 1 aliphatic rings. The predicted octanol–water partition coefficient (Wildman–Crippen LogP) is 37.0. The molecule has 0 amide bonds. The molecule has 0 bridgehead atoms. The topological polar surface area (TPSA) is 25.3 Å². The van der Waals surface area contributed by atoms with Crippen molar-refractivity contribution in [3.05, 3.63) is 99.6 Å². The number of rotatable bonds is 80. The van der Waals surface area contributed by atoms with Gasteiger partial charge in [-0.2, -0.15) is 0 Å². The molecule has 3 rings (SSSR count). The van der Waals surface area contributed by atoms with Crippen LogP contribution in [0.1, 0.15) is 533 Å². The maximum absolute atomic E-state index is 12.1. The van der Waals surface area contributed by atoms with Gasteiger partial charge in [-0.1, -0.05) is 367 Å². The maximum atomic E-state index is 12.1. The Labute approximate surface area is 659 Å². The van der Waals surface area contributed by atoms with Gasteiger partial charge in [0.25, 0.3) is 0 Å². The second kappa shape index (κ2) is 78.9. The molecule has 0 fully saturated rings. The third-order valence-corrected chi connectivity index (χ3v) is 24.5. The summed E-state index contributed by atoms with van der Waals surface area (Å²) < 4.78 is 1.53. The monoisotopic (exact) mass is 1480 g/mol. The molecule has 0 aromatic heterocycles. The zero-order valence-electron chi connectivity index (χ0n) is 71.4. The number of nitrogens with zero attached hydrogens (tertiary/aromatic N) is 2. The van der Waals surface area contributed by atoms with Crippen LogP contribution in [-0.4, -0.2) is 4.70 Å². The average Bonchev–Trinajstić information content (AvgIpc) is 1.61. The van der Waals surface area contributed by atoms with E-state index in [0.29, 0.717) is 0 Å². The fraction of sp³-hybridized carbons (Fsp3) is 0.822. The molecule has 1 aliphatic heterocycles. The van der Waals surface area contributed by atoms with Crippen LogP contribution in [0.5, 0.6) is 0 Å². The smallest absolute Gasteiger partial charge is 0.0654 e. The van der Waals surface area contributed by atoms with E-state index in [4.69, 9.17) is 0 Å². The molecule has 606 valence electrons. The van der Waals surface area contributed by atoms with Gasteiger partial charge in [0.05, 0.1) is 5.57 Å². The van der Waals surface area contributed by atoms with Crippen LogP contribution in [0.15, 0.2) is 71.8 Å². The predicted molar refractivity (Wildman–Crippen MR) is 468 cm³/mol. The van der Waals surface area contributed by atoms with Gasteiger partial charge in [-0.25, -0.2) is 4.70 Å². The Bertz CT molecular complexity index is 2120. The second-order valence-corrected chi connectivity index (χ2v) is 34.7. The van der Waals surface area contributed by atoms with Crippen LogP contribution in [0.4, 0.5) is 0 Å². The van der Waals surface area contributed by atoms with E-state index in [2.05, 4.69) is 117 Å². The third-order valence-electron chi connectivity index (χ3n) is 23.1. The summed E-state index contributed by atoms with van der Waals surface area (Å²) in [7, 11) is 0. The van der Waals surface area contributed by atoms with Crippen LogP contribution in [0, 0.1) is 0 Å². The first kappa shape index (κ1) is 97.8. The fourth-order valence-corrected chi connectivity index (χ4v) is 17.2. The molecular weight excluding hydrogens is 1300 g/mol. The molecule has 2 aromatic rings. The van der Waals surface area contributed by atoms with Gasteiger partial charge in [0, 0.05) is 16.7 Å². The molecule has 3 heteroatoms. The second-order valence-electron chi connectivity index (χ2n) is 33.2. The van der Waals surface area contributed by atoms with Crippen molar-refractivity contribution in [3.8, 4) is 0 Å². The van der Waals surface area contributed by atoms with Crippen molar-refractivity contribution in [1.82, 2.24) is 0 Å². The van der Waals surface area contributed by atoms with Crippen molar-refractivity contribution < 1.29 is 19.1 Å². The zero-order chi connectivity index (χ0) is 74.4. The van der Waals surface area contributed by atoms with Crippen LogP contribution in [-0.2, 0) is 27.3 Å². The Morgan fingerprint density at radius 1 is 0.240 bits per heavy atom. The Morgan fingerprint density at radius 3 is 0.721 bits per heavy atom. The van der Waals surface area contributed by atoms with Gasteiger partial charge < -0.3 is 5.53 Å². The van der Waals surface area contributed by atoms with Crippen LogP contribution in [0.3, 0.4) is 0 Å². The number of aryl methyl sites for hydroxylation is 2. The first-order chi connectivity index (χ1) is 51.6. The minimum absolute atomic E-state index is 0.944. The molecule has 0 radical (unpaired) electrons. The molecule has 0 spiro atoms. The van der Waals surface area contributed by atoms with E-state index in [9.17, 15) is 5.53 Å². The summed E-state index contributed by atoms with van der Waals surface area (Å²) in [6.07, 6.45) is 111. The van der Waals surface area contributed by atoms with E-state index in [1.165, 1.54) is 487 Å². The van der Waals surface area contributed by atoms with Gasteiger partial charge in [-0.15, -0.1) is 0 Å². The van der Waals surface area contributed by atoms with Crippen molar-refractivity contribution in [2.75, 3.05) is 0 Å². The van der Waals surface area contributed by atoms with E-state index in [0.717, 1.165) is 54.6 Å². The van der Waals surface area contributed by atoms with Crippen molar-refractivity contribution in [2.45, 2.75) is 534 Å². The molecule has 0 unspecified atom stereocenters. The number of unbranched alkanes of at least 4 members (excludes halogenated alkanes) is 66. The van der Waals surface area contributed by atoms with Gasteiger partial charge in [-0.05, 0) is 86.8 Å².